The Hall–Kier alpha value is -0.820. The van der Waals surface area contributed by atoms with Gasteiger partial charge in [0.05, 0.1) is 5.69 Å². The first kappa shape index (κ1) is 14.1. The van der Waals surface area contributed by atoms with Gasteiger partial charge < -0.3 is 5.73 Å². The average molecular weight is 383 g/mol. The summed E-state index contributed by atoms with van der Waals surface area (Å²) in [5, 5.41) is 7.44. The number of thiazole rings is 1. The van der Waals surface area contributed by atoms with Gasteiger partial charge in [-0.1, -0.05) is 0 Å². The highest BCUT2D eigenvalue weighted by Crippen LogP contribution is 2.33. The van der Waals surface area contributed by atoms with Gasteiger partial charge in [0.2, 0.25) is 0 Å². The van der Waals surface area contributed by atoms with Gasteiger partial charge in [0, 0.05) is 37.1 Å². The molecule has 3 rings (SSSR count). The quantitative estimate of drug-likeness (QED) is 0.477. The normalized spacial score (nSPS) is 10.8. The number of anilines is 1. The molecule has 0 saturated heterocycles. The molecular weight excluding hydrogens is 372 g/mol. The molecule has 20 heavy (non-hydrogen) atoms. The van der Waals surface area contributed by atoms with Crippen molar-refractivity contribution in [3.8, 4) is 10.6 Å². The lowest BCUT2D eigenvalue weighted by Gasteiger charge is -2.03. The number of benzene rings is 1. The number of thiophene rings is 1. The second kappa shape index (κ2) is 6.30. The maximum atomic E-state index is 5.74. The highest BCUT2D eigenvalue weighted by Gasteiger charge is 2.07. The summed E-state index contributed by atoms with van der Waals surface area (Å²) in [5.74, 6) is 0.864. The van der Waals surface area contributed by atoms with Crippen LogP contribution >= 0.6 is 50.4 Å². The lowest BCUT2D eigenvalue weighted by molar-refractivity contribution is 1.23. The fourth-order valence-corrected chi connectivity index (χ4v) is 4.87. The standard InChI is InChI=1S/C14H11BrN2S3/c15-12-5-10(16)1-2-13(12)19-7-11-8-20-14(17-11)9-3-4-18-6-9/h1-6,8H,7,16H2. The van der Waals surface area contributed by atoms with Crippen molar-refractivity contribution in [2.24, 2.45) is 0 Å². The van der Waals surface area contributed by atoms with E-state index >= 15 is 0 Å². The monoisotopic (exact) mass is 382 g/mol. The van der Waals surface area contributed by atoms with Crippen molar-refractivity contribution in [2.75, 3.05) is 5.73 Å². The summed E-state index contributed by atoms with van der Waals surface area (Å²) in [6, 6.07) is 8.00. The predicted octanol–water partition coefficient (Wildman–Crippen LogP) is 5.51. The molecule has 0 aliphatic rings. The Morgan fingerprint density at radius 3 is 2.90 bits per heavy atom. The summed E-state index contributed by atoms with van der Waals surface area (Å²) in [4.78, 5) is 5.86. The molecule has 0 aliphatic carbocycles. The number of halogens is 1. The molecule has 0 bridgehead atoms. The number of hydrogen-bond donors (Lipinski definition) is 1. The van der Waals surface area contributed by atoms with Crippen LogP contribution in [0.25, 0.3) is 10.6 Å². The first-order valence-corrected chi connectivity index (χ1v) is 9.47. The number of hydrogen-bond acceptors (Lipinski definition) is 5. The van der Waals surface area contributed by atoms with Crippen molar-refractivity contribution in [1.82, 2.24) is 4.98 Å². The highest BCUT2D eigenvalue weighted by atomic mass is 79.9. The lowest BCUT2D eigenvalue weighted by atomic mass is 10.3. The van der Waals surface area contributed by atoms with Crippen LogP contribution in [-0.2, 0) is 5.75 Å². The molecule has 3 aromatic rings. The summed E-state index contributed by atoms with van der Waals surface area (Å²) in [7, 11) is 0. The van der Waals surface area contributed by atoms with Gasteiger partial charge in [0.15, 0.2) is 0 Å². The Balaban J connectivity index is 1.70. The smallest absolute Gasteiger partial charge is 0.124 e. The van der Waals surface area contributed by atoms with Crippen LogP contribution in [0, 0.1) is 0 Å². The van der Waals surface area contributed by atoms with Gasteiger partial charge in [-0.15, -0.1) is 23.1 Å². The maximum absolute atomic E-state index is 5.74. The summed E-state index contributed by atoms with van der Waals surface area (Å²) in [6.45, 7) is 0. The molecule has 0 radical (unpaired) electrons. The van der Waals surface area contributed by atoms with Crippen molar-refractivity contribution in [3.63, 3.8) is 0 Å². The van der Waals surface area contributed by atoms with E-state index in [0.29, 0.717) is 0 Å². The van der Waals surface area contributed by atoms with Gasteiger partial charge in [0.1, 0.15) is 5.01 Å². The number of nitrogens with two attached hydrogens (primary N) is 1. The summed E-state index contributed by atoms with van der Waals surface area (Å²) in [6.07, 6.45) is 0. The van der Waals surface area contributed by atoms with Crippen LogP contribution in [0.1, 0.15) is 5.69 Å². The third kappa shape index (κ3) is 3.25. The highest BCUT2D eigenvalue weighted by molar-refractivity contribution is 9.10. The van der Waals surface area contributed by atoms with Gasteiger partial charge in [-0.2, -0.15) is 11.3 Å². The maximum Gasteiger partial charge on any atom is 0.124 e. The molecule has 0 aliphatic heterocycles. The zero-order valence-corrected chi connectivity index (χ0v) is 14.4. The van der Waals surface area contributed by atoms with Crippen molar-refractivity contribution < 1.29 is 0 Å². The van der Waals surface area contributed by atoms with E-state index in [1.807, 2.05) is 18.2 Å². The minimum Gasteiger partial charge on any atom is -0.399 e. The third-order valence-corrected chi connectivity index (χ3v) is 6.30. The van der Waals surface area contributed by atoms with Gasteiger partial charge in [0.25, 0.3) is 0 Å². The molecule has 2 aromatic heterocycles. The molecule has 2 nitrogen and oxygen atoms in total. The minimum absolute atomic E-state index is 0.773. The van der Waals surface area contributed by atoms with Crippen molar-refractivity contribution in [2.45, 2.75) is 10.6 Å². The topological polar surface area (TPSA) is 38.9 Å². The predicted molar refractivity (Wildman–Crippen MR) is 93.5 cm³/mol. The number of nitrogens with zero attached hydrogens (tertiary/aromatic N) is 1. The van der Waals surface area contributed by atoms with E-state index < -0.39 is 0 Å². The molecule has 102 valence electrons. The summed E-state index contributed by atoms with van der Waals surface area (Å²) < 4.78 is 1.04. The zero-order chi connectivity index (χ0) is 13.9. The Morgan fingerprint density at radius 1 is 1.25 bits per heavy atom. The number of thioether (sulfide) groups is 1. The van der Waals surface area contributed by atoms with Crippen LogP contribution in [0.2, 0.25) is 0 Å². The molecule has 1 aromatic carbocycles. The van der Waals surface area contributed by atoms with Crippen LogP contribution in [0.5, 0.6) is 0 Å². The SMILES string of the molecule is Nc1ccc(SCc2csc(-c3ccsc3)n2)c(Br)c1. The number of nitrogen functional groups attached to an aromatic ring is 1. The summed E-state index contributed by atoms with van der Waals surface area (Å²) >= 11 is 8.70. The fraction of sp³-hybridized carbons (Fsp3) is 0.0714. The molecular formula is C14H11BrN2S3. The number of aromatic nitrogens is 1. The van der Waals surface area contributed by atoms with Crippen molar-refractivity contribution >= 4 is 56.1 Å². The van der Waals surface area contributed by atoms with E-state index in [4.69, 9.17) is 5.73 Å². The Bertz CT molecular complexity index is 707. The van der Waals surface area contributed by atoms with E-state index in [2.05, 4.69) is 43.1 Å². The van der Waals surface area contributed by atoms with Gasteiger partial charge in [-0.25, -0.2) is 4.98 Å². The molecule has 0 unspecified atom stereocenters. The van der Waals surface area contributed by atoms with E-state index in [1.54, 1.807) is 34.4 Å². The summed E-state index contributed by atoms with van der Waals surface area (Å²) in [5.41, 5.74) is 8.84. The molecule has 2 heterocycles. The first-order chi connectivity index (χ1) is 9.72. The van der Waals surface area contributed by atoms with E-state index in [0.717, 1.165) is 26.6 Å². The average Bonchev–Trinajstić information content (AvgIpc) is 3.08. The van der Waals surface area contributed by atoms with E-state index in [9.17, 15) is 0 Å². The molecule has 0 spiro atoms. The largest absolute Gasteiger partial charge is 0.399 e. The molecule has 0 saturated carbocycles. The van der Waals surface area contributed by atoms with Crippen LogP contribution in [0.15, 0.2) is 49.8 Å². The Kier molecular flexibility index (Phi) is 4.45. The molecule has 0 amide bonds. The molecule has 0 atom stereocenters. The minimum atomic E-state index is 0.773. The van der Waals surface area contributed by atoms with Crippen molar-refractivity contribution in [3.05, 3.63) is 50.6 Å². The third-order valence-electron chi connectivity index (χ3n) is 2.65. The molecule has 0 fully saturated rings. The first-order valence-electron chi connectivity index (χ1n) is 5.87. The van der Waals surface area contributed by atoms with Crippen LogP contribution in [-0.4, -0.2) is 4.98 Å². The van der Waals surface area contributed by atoms with E-state index in [1.165, 1.54) is 10.5 Å². The number of rotatable bonds is 4. The molecule has 2 N–H and O–H groups in total. The molecule has 6 heteroatoms. The van der Waals surface area contributed by atoms with Gasteiger partial charge >= 0.3 is 0 Å². The van der Waals surface area contributed by atoms with Crippen molar-refractivity contribution in [1.29, 1.82) is 0 Å². The lowest BCUT2D eigenvalue weighted by Crippen LogP contribution is -1.86. The zero-order valence-electron chi connectivity index (χ0n) is 10.4. The van der Waals surface area contributed by atoms with Crippen LogP contribution < -0.4 is 5.73 Å². The van der Waals surface area contributed by atoms with Crippen LogP contribution in [0.3, 0.4) is 0 Å². The second-order valence-corrected chi connectivity index (χ2v) is 7.64. The fourth-order valence-electron chi connectivity index (χ4n) is 1.68. The van der Waals surface area contributed by atoms with Crippen LogP contribution in [0.4, 0.5) is 5.69 Å². The Morgan fingerprint density at radius 2 is 2.15 bits per heavy atom. The van der Waals surface area contributed by atoms with Gasteiger partial charge in [-0.05, 0) is 45.6 Å². The van der Waals surface area contributed by atoms with E-state index in [-0.39, 0.29) is 0 Å². The Labute approximate surface area is 138 Å². The second-order valence-electron chi connectivity index (χ2n) is 4.13. The van der Waals surface area contributed by atoms with Gasteiger partial charge in [-0.3, -0.25) is 0 Å².